The van der Waals surface area contributed by atoms with Crippen LogP contribution >= 0.6 is 0 Å². The molecule has 4 nitrogen and oxygen atoms in total. The molecule has 0 heterocycles. The van der Waals surface area contributed by atoms with Crippen molar-refractivity contribution >= 4 is 11.7 Å². The Morgan fingerprint density at radius 2 is 2.00 bits per heavy atom. The molecule has 4 heteroatoms. The van der Waals surface area contributed by atoms with Crippen molar-refractivity contribution in [1.29, 1.82) is 0 Å². The Kier molecular flexibility index (Phi) is 5.30. The third-order valence-electron chi connectivity index (χ3n) is 2.11. The summed E-state index contributed by atoms with van der Waals surface area (Å²) in [4.78, 5) is 27.1. The summed E-state index contributed by atoms with van der Waals surface area (Å²) in [5.41, 5.74) is 0. The predicted molar refractivity (Wildman–Crippen MR) is 48.9 cm³/mol. The first-order chi connectivity index (χ1) is 6.02. The molecule has 0 aromatic carbocycles. The van der Waals surface area contributed by atoms with Crippen molar-refractivity contribution in [3.05, 3.63) is 0 Å². The van der Waals surface area contributed by atoms with E-state index in [2.05, 4.69) is 4.84 Å². The van der Waals surface area contributed by atoms with Crippen molar-refractivity contribution in [3.8, 4) is 0 Å². The summed E-state index contributed by atoms with van der Waals surface area (Å²) in [7, 11) is 2.89. The summed E-state index contributed by atoms with van der Waals surface area (Å²) < 4.78 is 0. The third kappa shape index (κ3) is 4.03. The van der Waals surface area contributed by atoms with Crippen LogP contribution in [0, 0.1) is 5.92 Å². The van der Waals surface area contributed by atoms with E-state index in [-0.39, 0.29) is 24.0 Å². The highest BCUT2D eigenvalue weighted by molar-refractivity contribution is 5.98. The van der Waals surface area contributed by atoms with Gasteiger partial charge in [0.05, 0.1) is 13.5 Å². The van der Waals surface area contributed by atoms with Gasteiger partial charge in [-0.15, -0.1) is 0 Å². The van der Waals surface area contributed by atoms with Crippen molar-refractivity contribution in [1.82, 2.24) is 5.06 Å². The lowest BCUT2D eigenvalue weighted by Gasteiger charge is -2.14. The molecule has 0 saturated heterocycles. The molecule has 0 bridgehead atoms. The highest BCUT2D eigenvalue weighted by Crippen LogP contribution is 2.06. The number of hydrogen-bond acceptors (Lipinski definition) is 3. The summed E-state index contributed by atoms with van der Waals surface area (Å²) in [6.07, 6.45) is 0.697. The van der Waals surface area contributed by atoms with Crippen LogP contribution in [-0.4, -0.2) is 30.9 Å². The number of carbonyl (C=O) groups excluding carboxylic acids is 2. The van der Waals surface area contributed by atoms with E-state index in [4.69, 9.17) is 0 Å². The van der Waals surface area contributed by atoms with E-state index in [1.165, 1.54) is 14.2 Å². The predicted octanol–water partition coefficient (Wildman–Crippen LogP) is 1.01. The van der Waals surface area contributed by atoms with Crippen molar-refractivity contribution in [2.45, 2.75) is 26.7 Å². The second kappa shape index (κ2) is 5.70. The Bertz CT molecular complexity index is 171. The number of nitrogens with zero attached hydrogens (tertiary/aromatic N) is 1. The molecule has 0 aliphatic heterocycles. The lowest BCUT2D eigenvalue weighted by atomic mass is 10.0. The van der Waals surface area contributed by atoms with Crippen molar-refractivity contribution in [2.24, 2.45) is 5.92 Å². The van der Waals surface area contributed by atoms with Crippen LogP contribution in [0.25, 0.3) is 0 Å². The van der Waals surface area contributed by atoms with Crippen LogP contribution in [0.3, 0.4) is 0 Å². The van der Waals surface area contributed by atoms with Crippen molar-refractivity contribution < 1.29 is 14.4 Å². The molecule has 0 fully saturated rings. The largest absolute Gasteiger partial charge is 0.299 e. The summed E-state index contributed by atoms with van der Waals surface area (Å²) in [6, 6.07) is 0. The van der Waals surface area contributed by atoms with Crippen molar-refractivity contribution in [3.63, 3.8) is 0 Å². The van der Waals surface area contributed by atoms with E-state index >= 15 is 0 Å². The Morgan fingerprint density at radius 3 is 2.38 bits per heavy atom. The van der Waals surface area contributed by atoms with Gasteiger partial charge < -0.3 is 0 Å². The number of hydroxylamine groups is 2. The molecule has 13 heavy (non-hydrogen) atoms. The summed E-state index contributed by atoms with van der Waals surface area (Å²) >= 11 is 0. The first-order valence-electron chi connectivity index (χ1n) is 4.36. The molecule has 1 amide bonds. The number of Topliss-reactive ketones (excluding diaryl/α,β-unsaturated/α-hetero) is 1. The molecule has 0 rings (SSSR count). The van der Waals surface area contributed by atoms with Gasteiger partial charge in [0.2, 0.25) is 0 Å². The highest BCUT2D eigenvalue weighted by atomic mass is 16.7. The average Bonchev–Trinajstić information content (AvgIpc) is 2.14. The van der Waals surface area contributed by atoms with Gasteiger partial charge in [0, 0.05) is 13.0 Å². The summed E-state index contributed by atoms with van der Waals surface area (Å²) in [5.74, 6) is -0.376. The molecular weight excluding hydrogens is 170 g/mol. The fraction of sp³-hybridized carbons (Fsp3) is 0.778. The van der Waals surface area contributed by atoms with Crippen LogP contribution in [-0.2, 0) is 14.4 Å². The molecule has 0 unspecified atom stereocenters. The van der Waals surface area contributed by atoms with Crippen LogP contribution in [0.2, 0.25) is 0 Å². The van der Waals surface area contributed by atoms with Crippen molar-refractivity contribution in [2.75, 3.05) is 14.2 Å². The molecule has 0 aromatic rings. The third-order valence-corrected chi connectivity index (χ3v) is 2.11. The maximum Gasteiger partial charge on any atom is 0.253 e. The van der Waals surface area contributed by atoms with Gasteiger partial charge in [0.15, 0.2) is 0 Å². The van der Waals surface area contributed by atoms with Gasteiger partial charge >= 0.3 is 0 Å². The molecule has 76 valence electrons. The molecule has 0 spiro atoms. The molecule has 0 N–H and O–H groups in total. The Morgan fingerprint density at radius 1 is 1.46 bits per heavy atom. The van der Waals surface area contributed by atoms with Crippen LogP contribution < -0.4 is 0 Å². The molecule has 0 aromatic heterocycles. The molecule has 1 atom stereocenters. The topological polar surface area (TPSA) is 46.6 Å². The Labute approximate surface area is 78.8 Å². The highest BCUT2D eigenvalue weighted by Gasteiger charge is 2.17. The van der Waals surface area contributed by atoms with Gasteiger partial charge in [0.1, 0.15) is 5.78 Å². The molecule has 0 radical (unpaired) electrons. The average molecular weight is 187 g/mol. The van der Waals surface area contributed by atoms with E-state index < -0.39 is 0 Å². The Hall–Kier alpha value is -0.900. The van der Waals surface area contributed by atoms with Crippen LogP contribution in [0.1, 0.15) is 26.7 Å². The van der Waals surface area contributed by atoms with Gasteiger partial charge in [-0.3, -0.25) is 14.4 Å². The van der Waals surface area contributed by atoms with Gasteiger partial charge in [-0.25, -0.2) is 5.06 Å². The van der Waals surface area contributed by atoms with E-state index in [9.17, 15) is 9.59 Å². The fourth-order valence-corrected chi connectivity index (χ4v) is 0.764. The van der Waals surface area contributed by atoms with Crippen LogP contribution in [0.15, 0.2) is 0 Å². The van der Waals surface area contributed by atoms with Crippen LogP contribution in [0.4, 0.5) is 0 Å². The smallest absolute Gasteiger partial charge is 0.253 e. The molecular formula is C9H17NO3. The minimum atomic E-state index is -0.298. The monoisotopic (exact) mass is 187 g/mol. The first kappa shape index (κ1) is 12.1. The quantitative estimate of drug-likeness (QED) is 0.476. The fourth-order valence-electron chi connectivity index (χ4n) is 0.764. The lowest BCUT2D eigenvalue weighted by Crippen LogP contribution is -2.29. The maximum absolute atomic E-state index is 11.3. The van der Waals surface area contributed by atoms with Gasteiger partial charge in [0.25, 0.3) is 5.91 Å². The lowest BCUT2D eigenvalue weighted by molar-refractivity contribution is -0.169. The maximum atomic E-state index is 11.3. The summed E-state index contributed by atoms with van der Waals surface area (Å²) in [6.45, 7) is 3.75. The number of hydrogen-bond donors (Lipinski definition) is 0. The Balaban J connectivity index is 3.99. The van der Waals surface area contributed by atoms with Gasteiger partial charge in [-0.05, 0) is 6.42 Å². The minimum Gasteiger partial charge on any atom is -0.299 e. The van der Waals surface area contributed by atoms with E-state index in [1.54, 1.807) is 0 Å². The number of ketones is 1. The zero-order valence-electron chi connectivity index (χ0n) is 8.66. The second-order valence-electron chi connectivity index (χ2n) is 3.03. The van der Waals surface area contributed by atoms with E-state index in [0.717, 1.165) is 11.5 Å². The minimum absolute atomic E-state index is 0.0311. The second-order valence-corrected chi connectivity index (χ2v) is 3.03. The zero-order valence-corrected chi connectivity index (χ0v) is 8.66. The molecule has 0 saturated carbocycles. The van der Waals surface area contributed by atoms with Gasteiger partial charge in [-0.2, -0.15) is 0 Å². The standard InChI is InChI=1S/C9H17NO3/c1-5-7(2)8(11)6-9(12)10(3)13-4/h7H,5-6H2,1-4H3/t7-/m0/s1. The van der Waals surface area contributed by atoms with E-state index in [0.29, 0.717) is 0 Å². The first-order valence-corrected chi connectivity index (χ1v) is 4.36. The SMILES string of the molecule is CC[C@H](C)C(=O)CC(=O)N(C)OC. The van der Waals surface area contributed by atoms with Crippen LogP contribution in [0.5, 0.6) is 0 Å². The summed E-state index contributed by atoms with van der Waals surface area (Å²) in [5, 5.41) is 1.07. The normalized spacial score (nSPS) is 12.3. The zero-order chi connectivity index (χ0) is 10.4. The number of amides is 1. The van der Waals surface area contributed by atoms with E-state index in [1.807, 2.05) is 13.8 Å². The molecule has 0 aliphatic rings. The van der Waals surface area contributed by atoms with Gasteiger partial charge in [-0.1, -0.05) is 13.8 Å². The molecule has 0 aliphatic carbocycles. The number of carbonyl (C=O) groups is 2. The number of rotatable bonds is 5.